The van der Waals surface area contributed by atoms with Gasteiger partial charge >= 0.3 is 5.69 Å². The fraction of sp³-hybridized carbons (Fsp3) is 0.429. The molecule has 0 aliphatic carbocycles. The summed E-state index contributed by atoms with van der Waals surface area (Å²) in [5.74, 6) is 0. The van der Waals surface area contributed by atoms with E-state index in [4.69, 9.17) is 11.6 Å². The first-order valence-electron chi connectivity index (χ1n) is 3.70. The van der Waals surface area contributed by atoms with Crippen LogP contribution in [0, 0.1) is 0 Å². The molecule has 13 heavy (non-hydrogen) atoms. The van der Waals surface area contributed by atoms with Gasteiger partial charge in [-0.3, -0.25) is 14.3 Å². The normalized spacial score (nSPS) is 10.3. The van der Waals surface area contributed by atoms with Crippen LogP contribution < -0.4 is 11.2 Å². The van der Waals surface area contributed by atoms with Crippen molar-refractivity contribution in [3.05, 3.63) is 32.1 Å². The number of alkyl halides is 1. The largest absolute Gasteiger partial charge is 0.328 e. The number of aromatic amines is 1. The number of hydrogen-bond donors (Lipinski definition) is 1. The van der Waals surface area contributed by atoms with Crippen molar-refractivity contribution in [3.63, 3.8) is 0 Å². The number of nitrogens with one attached hydrogen (secondary N) is 1. The van der Waals surface area contributed by atoms with E-state index >= 15 is 0 Å². The van der Waals surface area contributed by atoms with Gasteiger partial charge in [0, 0.05) is 18.1 Å². The van der Waals surface area contributed by atoms with Gasteiger partial charge in [0.15, 0.2) is 0 Å². The molecule has 0 saturated carbocycles. The molecule has 0 fully saturated rings. The minimum atomic E-state index is -0.540. The second-order valence-electron chi connectivity index (χ2n) is 2.47. The summed E-state index contributed by atoms with van der Waals surface area (Å²) in [6.07, 6.45) is 2.16. The van der Waals surface area contributed by atoms with Crippen LogP contribution >= 0.6 is 27.5 Å². The molecule has 72 valence electrons. The first kappa shape index (κ1) is 10.5. The van der Waals surface area contributed by atoms with Gasteiger partial charge in [-0.25, -0.2) is 4.79 Å². The van der Waals surface area contributed by atoms with Crippen molar-refractivity contribution in [3.8, 4) is 0 Å². The van der Waals surface area contributed by atoms with E-state index in [0.717, 1.165) is 11.8 Å². The maximum Gasteiger partial charge on any atom is 0.328 e. The minimum Gasteiger partial charge on any atom is -0.299 e. The second kappa shape index (κ2) is 4.62. The number of rotatable bonds is 3. The third-order valence-electron chi connectivity index (χ3n) is 1.50. The van der Waals surface area contributed by atoms with E-state index in [1.165, 1.54) is 10.8 Å². The quantitative estimate of drug-likeness (QED) is 0.830. The highest BCUT2D eigenvalue weighted by atomic mass is 79.9. The molecule has 0 spiro atoms. The van der Waals surface area contributed by atoms with Crippen LogP contribution in [0.15, 0.2) is 15.8 Å². The van der Waals surface area contributed by atoms with E-state index in [0.29, 0.717) is 6.54 Å². The van der Waals surface area contributed by atoms with Crippen molar-refractivity contribution in [2.45, 2.75) is 13.0 Å². The van der Waals surface area contributed by atoms with Crippen LogP contribution in [0.2, 0.25) is 5.02 Å². The zero-order chi connectivity index (χ0) is 9.84. The molecule has 0 atom stereocenters. The third-order valence-corrected chi connectivity index (χ3v) is 2.33. The minimum absolute atomic E-state index is 0.0363. The number of H-pyrrole nitrogens is 1. The standard InChI is InChI=1S/C7H8BrClN2O2/c8-2-1-3-11-4-5(9)6(12)10-7(11)13/h4H,1-3H2,(H,10,12,13). The first-order chi connectivity index (χ1) is 6.15. The average molecular weight is 268 g/mol. The van der Waals surface area contributed by atoms with Gasteiger partial charge in [0.05, 0.1) is 0 Å². The van der Waals surface area contributed by atoms with Crippen LogP contribution in [0.1, 0.15) is 6.42 Å². The van der Waals surface area contributed by atoms with E-state index in [1.807, 2.05) is 0 Å². The van der Waals surface area contributed by atoms with Crippen LogP contribution in [-0.2, 0) is 6.54 Å². The van der Waals surface area contributed by atoms with Crippen molar-refractivity contribution >= 4 is 27.5 Å². The van der Waals surface area contributed by atoms with Gasteiger partial charge in [0.1, 0.15) is 5.02 Å². The zero-order valence-corrected chi connectivity index (χ0v) is 9.06. The lowest BCUT2D eigenvalue weighted by Crippen LogP contribution is -2.29. The van der Waals surface area contributed by atoms with Crippen molar-refractivity contribution in [2.24, 2.45) is 0 Å². The lowest BCUT2D eigenvalue weighted by molar-refractivity contribution is 0.637. The molecule has 0 radical (unpaired) electrons. The Hall–Kier alpha value is -0.550. The Balaban J connectivity index is 3.02. The van der Waals surface area contributed by atoms with Gasteiger partial charge < -0.3 is 0 Å². The van der Waals surface area contributed by atoms with Crippen LogP contribution in [-0.4, -0.2) is 14.9 Å². The molecule has 0 bridgehead atoms. The van der Waals surface area contributed by atoms with Crippen LogP contribution in [0.5, 0.6) is 0 Å². The summed E-state index contributed by atoms with van der Waals surface area (Å²) >= 11 is 8.79. The Morgan fingerprint density at radius 1 is 1.54 bits per heavy atom. The molecule has 1 rings (SSSR count). The Morgan fingerprint density at radius 2 is 2.23 bits per heavy atom. The summed E-state index contributed by atoms with van der Waals surface area (Å²) in [5, 5.41) is 0.838. The highest BCUT2D eigenvalue weighted by molar-refractivity contribution is 9.09. The Labute approximate surface area is 87.7 Å². The average Bonchev–Trinajstić information content (AvgIpc) is 2.09. The molecule has 0 saturated heterocycles. The number of aromatic nitrogens is 2. The van der Waals surface area contributed by atoms with Gasteiger partial charge in [-0.1, -0.05) is 27.5 Å². The van der Waals surface area contributed by atoms with Crippen molar-refractivity contribution in [2.75, 3.05) is 5.33 Å². The van der Waals surface area contributed by atoms with Gasteiger partial charge in [0.25, 0.3) is 5.56 Å². The van der Waals surface area contributed by atoms with Gasteiger partial charge in [-0.2, -0.15) is 0 Å². The first-order valence-corrected chi connectivity index (χ1v) is 5.20. The summed E-state index contributed by atoms with van der Waals surface area (Å²) in [6, 6.07) is 0. The Kier molecular flexibility index (Phi) is 3.74. The highest BCUT2D eigenvalue weighted by Gasteiger charge is 2.00. The van der Waals surface area contributed by atoms with E-state index in [1.54, 1.807) is 0 Å². The topological polar surface area (TPSA) is 54.9 Å². The highest BCUT2D eigenvalue weighted by Crippen LogP contribution is 1.97. The van der Waals surface area contributed by atoms with E-state index in [2.05, 4.69) is 20.9 Å². The maximum atomic E-state index is 11.1. The van der Waals surface area contributed by atoms with Crippen molar-refractivity contribution < 1.29 is 0 Å². The molecular formula is C7H8BrClN2O2. The molecule has 1 aromatic rings. The number of nitrogens with zero attached hydrogens (tertiary/aromatic N) is 1. The smallest absolute Gasteiger partial charge is 0.299 e. The molecule has 0 aliphatic rings. The van der Waals surface area contributed by atoms with Gasteiger partial charge in [0.2, 0.25) is 0 Å². The Bertz CT molecular complexity index is 398. The van der Waals surface area contributed by atoms with Crippen LogP contribution in [0.4, 0.5) is 0 Å². The molecule has 0 amide bonds. The Morgan fingerprint density at radius 3 is 2.85 bits per heavy atom. The summed E-state index contributed by atoms with van der Waals surface area (Å²) in [6.45, 7) is 0.542. The monoisotopic (exact) mass is 266 g/mol. The maximum absolute atomic E-state index is 11.1. The molecule has 0 unspecified atom stereocenters. The van der Waals surface area contributed by atoms with E-state index in [9.17, 15) is 9.59 Å². The summed E-state index contributed by atoms with van der Waals surface area (Å²) in [5.41, 5.74) is -0.961. The predicted molar refractivity (Wildman–Crippen MR) is 54.7 cm³/mol. The fourth-order valence-electron chi connectivity index (χ4n) is 0.879. The lowest BCUT2D eigenvalue weighted by atomic mass is 10.5. The fourth-order valence-corrected chi connectivity index (χ4v) is 1.29. The summed E-state index contributed by atoms with van der Waals surface area (Å²) in [7, 11) is 0. The zero-order valence-electron chi connectivity index (χ0n) is 6.72. The summed E-state index contributed by atoms with van der Waals surface area (Å²) < 4.78 is 1.38. The molecule has 0 aliphatic heterocycles. The molecular weight excluding hydrogens is 259 g/mol. The number of halogens is 2. The number of aryl methyl sites for hydroxylation is 1. The van der Waals surface area contributed by atoms with Crippen LogP contribution in [0.25, 0.3) is 0 Å². The second-order valence-corrected chi connectivity index (χ2v) is 3.67. The van der Waals surface area contributed by atoms with Crippen molar-refractivity contribution in [1.82, 2.24) is 9.55 Å². The molecule has 1 aromatic heterocycles. The molecule has 0 aromatic carbocycles. The van der Waals surface area contributed by atoms with Crippen molar-refractivity contribution in [1.29, 1.82) is 0 Å². The van der Waals surface area contributed by atoms with Gasteiger partial charge in [-0.15, -0.1) is 0 Å². The molecule has 4 nitrogen and oxygen atoms in total. The lowest BCUT2D eigenvalue weighted by Gasteiger charge is -2.02. The predicted octanol–water partition coefficient (Wildman–Crippen LogP) is 0.975. The SMILES string of the molecule is O=c1[nH]c(=O)n(CCCBr)cc1Cl. The third kappa shape index (κ3) is 2.70. The molecule has 6 heteroatoms. The molecule has 1 N–H and O–H groups in total. The van der Waals surface area contributed by atoms with Gasteiger partial charge in [-0.05, 0) is 6.42 Å². The van der Waals surface area contributed by atoms with E-state index < -0.39 is 11.2 Å². The number of hydrogen-bond acceptors (Lipinski definition) is 2. The van der Waals surface area contributed by atoms with Crippen LogP contribution in [0.3, 0.4) is 0 Å². The van der Waals surface area contributed by atoms with E-state index in [-0.39, 0.29) is 5.02 Å². The summed E-state index contributed by atoms with van der Waals surface area (Å²) in [4.78, 5) is 24.1. The molecule has 1 heterocycles.